The Morgan fingerprint density at radius 3 is 2.60 bits per heavy atom. The molecule has 2 N–H and O–H groups in total. The third-order valence-corrected chi connectivity index (χ3v) is 3.17. The smallest absolute Gasteiger partial charge is 0.389 e. The fraction of sp³-hybridized carbons (Fsp3) is 0.118. The van der Waals surface area contributed by atoms with Crippen molar-refractivity contribution in [3.8, 4) is 5.88 Å². The molecule has 0 fully saturated rings. The molecule has 0 bridgehead atoms. The molecule has 0 radical (unpaired) electrons. The van der Waals surface area contributed by atoms with E-state index in [0.29, 0.717) is 17.1 Å². The minimum Gasteiger partial charge on any atom is -0.389 e. The first-order valence-electron chi connectivity index (χ1n) is 7.51. The fourth-order valence-corrected chi connectivity index (χ4v) is 2.08. The molecule has 0 unspecified atom stereocenters. The van der Waals surface area contributed by atoms with Gasteiger partial charge in [0.25, 0.3) is 0 Å². The van der Waals surface area contributed by atoms with E-state index < -0.39 is 6.09 Å². The van der Waals surface area contributed by atoms with Crippen LogP contribution in [0.25, 0.3) is 0 Å². The number of aromatic nitrogens is 4. The monoisotopic (exact) mass is 336 g/mol. The highest BCUT2D eigenvalue weighted by Crippen LogP contribution is 2.26. The summed E-state index contributed by atoms with van der Waals surface area (Å²) in [6.07, 6.45) is 5.61. The van der Waals surface area contributed by atoms with Gasteiger partial charge in [-0.1, -0.05) is 0 Å². The average molecular weight is 336 g/mol. The summed E-state index contributed by atoms with van der Waals surface area (Å²) in [6.45, 7) is 3.65. The molecule has 0 aliphatic rings. The summed E-state index contributed by atoms with van der Waals surface area (Å²) in [6, 6.07) is 7.00. The van der Waals surface area contributed by atoms with Crippen LogP contribution in [-0.4, -0.2) is 26.0 Å². The Balaban J connectivity index is 1.76. The highest BCUT2D eigenvalue weighted by molar-refractivity contribution is 5.87. The lowest BCUT2D eigenvalue weighted by atomic mass is 10.3. The first-order chi connectivity index (χ1) is 12.1. The molecule has 0 spiro atoms. The molecule has 0 aliphatic carbocycles. The standard InChI is InChI=1S/C17H16N6O2/c1-11-3-4-15(22-14-8-18-10-19-9-14)16(21-11)25-17(24)23-13-5-6-20-12(2)7-13/h3-10,22H,1-2H3,(H,20,23,24). The van der Waals surface area contributed by atoms with Crippen molar-refractivity contribution in [2.75, 3.05) is 10.6 Å². The van der Waals surface area contributed by atoms with Gasteiger partial charge in [0, 0.05) is 23.3 Å². The van der Waals surface area contributed by atoms with Crippen molar-refractivity contribution < 1.29 is 9.53 Å². The van der Waals surface area contributed by atoms with Crippen molar-refractivity contribution >= 4 is 23.2 Å². The quantitative estimate of drug-likeness (QED) is 0.754. The van der Waals surface area contributed by atoms with E-state index in [1.54, 1.807) is 36.8 Å². The second kappa shape index (κ2) is 7.35. The highest BCUT2D eigenvalue weighted by atomic mass is 16.6. The van der Waals surface area contributed by atoms with Gasteiger partial charge in [-0.2, -0.15) is 0 Å². The molecule has 0 aliphatic heterocycles. The number of amides is 1. The number of carbonyl (C=O) groups excluding carboxylic acids is 1. The molecule has 8 nitrogen and oxygen atoms in total. The molecule has 0 atom stereocenters. The van der Waals surface area contributed by atoms with Crippen molar-refractivity contribution in [3.05, 3.63) is 60.6 Å². The van der Waals surface area contributed by atoms with Crippen molar-refractivity contribution in [2.45, 2.75) is 13.8 Å². The van der Waals surface area contributed by atoms with E-state index >= 15 is 0 Å². The van der Waals surface area contributed by atoms with Crippen LogP contribution >= 0.6 is 0 Å². The summed E-state index contributed by atoms with van der Waals surface area (Å²) in [4.78, 5) is 28.4. The Hall–Kier alpha value is -3.55. The zero-order valence-electron chi connectivity index (χ0n) is 13.7. The maximum Gasteiger partial charge on any atom is 0.418 e. The third kappa shape index (κ3) is 4.47. The summed E-state index contributed by atoms with van der Waals surface area (Å²) in [7, 11) is 0. The maximum absolute atomic E-state index is 12.2. The SMILES string of the molecule is Cc1cc(NC(=O)Oc2nc(C)ccc2Nc2cncnc2)ccn1. The summed E-state index contributed by atoms with van der Waals surface area (Å²) in [5.41, 5.74) is 3.29. The first kappa shape index (κ1) is 16.3. The molecule has 3 heterocycles. The third-order valence-electron chi connectivity index (χ3n) is 3.17. The minimum absolute atomic E-state index is 0.159. The number of hydrogen-bond acceptors (Lipinski definition) is 7. The first-order valence-corrected chi connectivity index (χ1v) is 7.51. The van der Waals surface area contributed by atoms with Crippen LogP contribution in [0.15, 0.2) is 49.2 Å². The molecule has 0 saturated heterocycles. The lowest BCUT2D eigenvalue weighted by Gasteiger charge is -2.12. The van der Waals surface area contributed by atoms with Crippen LogP contribution < -0.4 is 15.4 Å². The van der Waals surface area contributed by atoms with Crippen LogP contribution in [0.3, 0.4) is 0 Å². The molecule has 3 aromatic rings. The summed E-state index contributed by atoms with van der Waals surface area (Å²) in [5.74, 6) is 0.159. The molecule has 126 valence electrons. The molecule has 3 rings (SSSR count). The number of pyridine rings is 2. The van der Waals surface area contributed by atoms with E-state index in [1.165, 1.54) is 6.33 Å². The normalized spacial score (nSPS) is 10.2. The van der Waals surface area contributed by atoms with Gasteiger partial charge in [0.2, 0.25) is 5.88 Å². The Morgan fingerprint density at radius 1 is 1.04 bits per heavy atom. The largest absolute Gasteiger partial charge is 0.418 e. The van der Waals surface area contributed by atoms with Gasteiger partial charge in [0.15, 0.2) is 0 Å². The van der Waals surface area contributed by atoms with Gasteiger partial charge in [0.05, 0.1) is 18.1 Å². The number of nitrogens with zero attached hydrogens (tertiary/aromatic N) is 4. The van der Waals surface area contributed by atoms with Gasteiger partial charge in [-0.15, -0.1) is 0 Å². The van der Waals surface area contributed by atoms with Crippen molar-refractivity contribution in [1.82, 2.24) is 19.9 Å². The molecule has 0 aromatic carbocycles. The maximum atomic E-state index is 12.2. The Kier molecular flexibility index (Phi) is 4.79. The van der Waals surface area contributed by atoms with E-state index in [-0.39, 0.29) is 5.88 Å². The van der Waals surface area contributed by atoms with E-state index in [1.807, 2.05) is 19.9 Å². The molecule has 0 saturated carbocycles. The molecule has 25 heavy (non-hydrogen) atoms. The summed E-state index contributed by atoms with van der Waals surface area (Å²) in [5, 5.41) is 5.72. The number of hydrogen-bond donors (Lipinski definition) is 2. The van der Waals surface area contributed by atoms with Crippen LogP contribution in [0.2, 0.25) is 0 Å². The van der Waals surface area contributed by atoms with E-state index in [2.05, 4.69) is 30.6 Å². The Bertz CT molecular complexity index is 885. The number of anilines is 3. The number of nitrogens with one attached hydrogen (secondary N) is 2. The van der Waals surface area contributed by atoms with Crippen LogP contribution in [0.4, 0.5) is 21.9 Å². The van der Waals surface area contributed by atoms with E-state index in [0.717, 1.165) is 11.4 Å². The van der Waals surface area contributed by atoms with Crippen molar-refractivity contribution in [1.29, 1.82) is 0 Å². The molecule has 3 aromatic heterocycles. The fourth-order valence-electron chi connectivity index (χ4n) is 2.08. The van der Waals surface area contributed by atoms with Gasteiger partial charge in [-0.25, -0.2) is 19.7 Å². The van der Waals surface area contributed by atoms with Crippen LogP contribution in [0, 0.1) is 13.8 Å². The number of aryl methyl sites for hydroxylation is 2. The molecule has 1 amide bonds. The second-order valence-electron chi connectivity index (χ2n) is 5.26. The van der Waals surface area contributed by atoms with Gasteiger partial charge in [-0.05, 0) is 38.1 Å². The van der Waals surface area contributed by atoms with Gasteiger partial charge >= 0.3 is 6.09 Å². The minimum atomic E-state index is -0.643. The highest BCUT2D eigenvalue weighted by Gasteiger charge is 2.12. The van der Waals surface area contributed by atoms with Gasteiger partial charge in [0.1, 0.15) is 12.0 Å². The van der Waals surface area contributed by atoms with E-state index in [9.17, 15) is 4.79 Å². The molecular formula is C17H16N6O2. The number of carbonyl (C=O) groups is 1. The zero-order valence-corrected chi connectivity index (χ0v) is 13.7. The lowest BCUT2D eigenvalue weighted by molar-refractivity contribution is 0.213. The predicted molar refractivity (Wildman–Crippen MR) is 92.9 cm³/mol. The Labute approximate surface area is 144 Å². The van der Waals surface area contributed by atoms with Gasteiger partial charge in [-0.3, -0.25) is 10.3 Å². The second-order valence-corrected chi connectivity index (χ2v) is 5.26. The lowest BCUT2D eigenvalue weighted by Crippen LogP contribution is -2.18. The summed E-state index contributed by atoms with van der Waals surface area (Å²) < 4.78 is 5.36. The number of ether oxygens (including phenoxy) is 1. The van der Waals surface area contributed by atoms with Crippen molar-refractivity contribution in [3.63, 3.8) is 0 Å². The van der Waals surface area contributed by atoms with Crippen LogP contribution in [0.1, 0.15) is 11.4 Å². The Morgan fingerprint density at radius 2 is 1.84 bits per heavy atom. The summed E-state index contributed by atoms with van der Waals surface area (Å²) >= 11 is 0. The van der Waals surface area contributed by atoms with E-state index in [4.69, 9.17) is 4.74 Å². The average Bonchev–Trinajstić information content (AvgIpc) is 2.58. The molecule has 8 heteroatoms. The van der Waals surface area contributed by atoms with Crippen LogP contribution in [-0.2, 0) is 0 Å². The van der Waals surface area contributed by atoms with Crippen molar-refractivity contribution in [2.24, 2.45) is 0 Å². The van der Waals surface area contributed by atoms with Crippen LogP contribution in [0.5, 0.6) is 5.88 Å². The number of rotatable bonds is 4. The zero-order chi connectivity index (χ0) is 17.6. The molecular weight excluding hydrogens is 320 g/mol. The topological polar surface area (TPSA) is 102 Å². The predicted octanol–water partition coefficient (Wildman–Crippen LogP) is 3.24. The van der Waals surface area contributed by atoms with Gasteiger partial charge < -0.3 is 10.1 Å².